The van der Waals surface area contributed by atoms with Gasteiger partial charge in [-0.2, -0.15) is 0 Å². The van der Waals surface area contributed by atoms with E-state index in [9.17, 15) is 4.79 Å². The number of hydrogen-bond donors (Lipinski definition) is 2. The average molecular weight is 281 g/mol. The highest BCUT2D eigenvalue weighted by Gasteiger charge is 2.10. The molecule has 0 unspecified atom stereocenters. The van der Waals surface area contributed by atoms with Crippen LogP contribution < -0.4 is 11.1 Å². The molecule has 2 rings (SSSR count). The standard InChI is InChI=1S/C11H9BrN2O2/c12-10-5-4-9(16-10)11(15)14-8-3-1-2-7(13)6-8/h1-6H,13H2,(H,14,15). The molecule has 0 aliphatic heterocycles. The first kappa shape index (κ1) is 10.8. The molecular weight excluding hydrogens is 272 g/mol. The van der Waals surface area contributed by atoms with Crippen molar-refractivity contribution in [2.75, 3.05) is 11.1 Å². The predicted octanol–water partition coefficient (Wildman–Crippen LogP) is 2.88. The Balaban J connectivity index is 2.13. The van der Waals surface area contributed by atoms with Gasteiger partial charge in [-0.1, -0.05) is 6.07 Å². The van der Waals surface area contributed by atoms with Crippen LogP contribution in [-0.2, 0) is 0 Å². The number of hydrogen-bond acceptors (Lipinski definition) is 3. The molecule has 0 bridgehead atoms. The van der Waals surface area contributed by atoms with Gasteiger partial charge in [0.1, 0.15) is 0 Å². The maximum atomic E-state index is 11.7. The second kappa shape index (κ2) is 4.40. The van der Waals surface area contributed by atoms with E-state index in [1.54, 1.807) is 36.4 Å². The third-order valence-corrected chi connectivity index (χ3v) is 2.37. The number of amides is 1. The van der Waals surface area contributed by atoms with Gasteiger partial charge >= 0.3 is 0 Å². The first-order valence-corrected chi connectivity index (χ1v) is 5.37. The fourth-order valence-electron chi connectivity index (χ4n) is 1.25. The number of nitrogen functional groups attached to an aromatic ring is 1. The van der Waals surface area contributed by atoms with Gasteiger partial charge in [-0.25, -0.2) is 0 Å². The number of benzene rings is 1. The van der Waals surface area contributed by atoms with Crippen LogP contribution >= 0.6 is 15.9 Å². The summed E-state index contributed by atoms with van der Waals surface area (Å²) in [5, 5.41) is 2.68. The van der Waals surface area contributed by atoms with Crippen LogP contribution in [0.15, 0.2) is 45.5 Å². The van der Waals surface area contributed by atoms with Gasteiger partial charge < -0.3 is 15.5 Å². The minimum Gasteiger partial charge on any atom is -0.444 e. The molecule has 1 aromatic heterocycles. The van der Waals surface area contributed by atoms with E-state index in [0.29, 0.717) is 16.0 Å². The lowest BCUT2D eigenvalue weighted by Crippen LogP contribution is -2.10. The first-order chi connectivity index (χ1) is 7.65. The molecule has 2 aromatic rings. The van der Waals surface area contributed by atoms with Crippen LogP contribution in [0.2, 0.25) is 0 Å². The number of nitrogens with two attached hydrogens (primary N) is 1. The molecule has 3 N–H and O–H groups in total. The maximum Gasteiger partial charge on any atom is 0.291 e. The summed E-state index contributed by atoms with van der Waals surface area (Å²) in [5.41, 5.74) is 6.83. The van der Waals surface area contributed by atoms with E-state index < -0.39 is 0 Å². The lowest BCUT2D eigenvalue weighted by molar-refractivity contribution is 0.0995. The minimum absolute atomic E-state index is 0.245. The van der Waals surface area contributed by atoms with Gasteiger partial charge in [0.25, 0.3) is 5.91 Å². The number of carbonyl (C=O) groups excluding carboxylic acids is 1. The molecule has 1 aromatic carbocycles. The van der Waals surface area contributed by atoms with Crippen molar-refractivity contribution in [3.63, 3.8) is 0 Å². The summed E-state index contributed by atoms with van der Waals surface area (Å²) >= 11 is 3.13. The lowest BCUT2D eigenvalue weighted by atomic mass is 10.3. The van der Waals surface area contributed by atoms with Crippen LogP contribution in [0.4, 0.5) is 11.4 Å². The summed E-state index contributed by atoms with van der Waals surface area (Å²) < 4.78 is 5.64. The van der Waals surface area contributed by atoms with Crippen molar-refractivity contribution < 1.29 is 9.21 Å². The fourth-order valence-corrected chi connectivity index (χ4v) is 1.55. The molecule has 0 saturated heterocycles. The van der Waals surface area contributed by atoms with E-state index in [1.807, 2.05) is 0 Å². The third kappa shape index (κ3) is 2.43. The molecular formula is C11H9BrN2O2. The van der Waals surface area contributed by atoms with E-state index in [1.165, 1.54) is 0 Å². The molecule has 0 atom stereocenters. The average Bonchev–Trinajstić information content (AvgIpc) is 2.65. The Kier molecular flexibility index (Phi) is 2.96. The zero-order chi connectivity index (χ0) is 11.5. The molecule has 0 spiro atoms. The third-order valence-electron chi connectivity index (χ3n) is 1.94. The molecule has 0 radical (unpaired) electrons. The first-order valence-electron chi connectivity index (χ1n) is 4.57. The van der Waals surface area contributed by atoms with E-state index in [2.05, 4.69) is 21.2 Å². The molecule has 0 fully saturated rings. The second-order valence-corrected chi connectivity index (χ2v) is 3.96. The Labute approximate surface area is 101 Å². The Morgan fingerprint density at radius 3 is 2.75 bits per heavy atom. The van der Waals surface area contributed by atoms with Crippen LogP contribution in [-0.4, -0.2) is 5.91 Å². The number of carbonyl (C=O) groups is 1. The fraction of sp³-hybridized carbons (Fsp3) is 0. The Hall–Kier alpha value is -1.75. The van der Waals surface area contributed by atoms with E-state index in [-0.39, 0.29) is 11.7 Å². The van der Waals surface area contributed by atoms with Gasteiger partial charge in [-0.05, 0) is 46.3 Å². The topological polar surface area (TPSA) is 68.3 Å². The van der Waals surface area contributed by atoms with E-state index in [0.717, 1.165) is 0 Å². The Morgan fingerprint density at radius 2 is 2.12 bits per heavy atom. The van der Waals surface area contributed by atoms with Crippen LogP contribution in [0, 0.1) is 0 Å². The molecule has 1 amide bonds. The quantitative estimate of drug-likeness (QED) is 0.832. The summed E-state index contributed by atoms with van der Waals surface area (Å²) in [7, 11) is 0. The van der Waals surface area contributed by atoms with Crippen molar-refractivity contribution in [2.24, 2.45) is 0 Å². The molecule has 0 aliphatic rings. The number of halogens is 1. The molecule has 82 valence electrons. The highest BCUT2D eigenvalue weighted by molar-refractivity contribution is 9.10. The summed E-state index contributed by atoms with van der Waals surface area (Å²) in [4.78, 5) is 11.7. The van der Waals surface area contributed by atoms with Gasteiger partial charge in [-0.3, -0.25) is 4.79 Å². The molecule has 5 heteroatoms. The molecule has 4 nitrogen and oxygen atoms in total. The monoisotopic (exact) mass is 280 g/mol. The van der Waals surface area contributed by atoms with Crippen molar-refractivity contribution >= 4 is 33.2 Å². The molecule has 0 aliphatic carbocycles. The van der Waals surface area contributed by atoms with Crippen LogP contribution in [0.25, 0.3) is 0 Å². The van der Waals surface area contributed by atoms with Crippen LogP contribution in [0.5, 0.6) is 0 Å². The Bertz CT molecular complexity index is 522. The van der Waals surface area contributed by atoms with Gasteiger partial charge in [0, 0.05) is 11.4 Å². The van der Waals surface area contributed by atoms with Crippen molar-refractivity contribution in [1.82, 2.24) is 0 Å². The van der Waals surface area contributed by atoms with Gasteiger partial charge in [0.2, 0.25) is 0 Å². The van der Waals surface area contributed by atoms with Crippen LogP contribution in [0.3, 0.4) is 0 Å². The SMILES string of the molecule is Nc1cccc(NC(=O)c2ccc(Br)o2)c1. The minimum atomic E-state index is -0.309. The van der Waals surface area contributed by atoms with Crippen molar-refractivity contribution in [3.8, 4) is 0 Å². The molecule has 16 heavy (non-hydrogen) atoms. The summed E-state index contributed by atoms with van der Waals surface area (Å²) in [6, 6.07) is 10.2. The van der Waals surface area contributed by atoms with E-state index in [4.69, 9.17) is 10.2 Å². The summed E-state index contributed by atoms with van der Waals surface area (Å²) in [5.74, 6) is -0.0643. The second-order valence-electron chi connectivity index (χ2n) is 3.18. The van der Waals surface area contributed by atoms with Gasteiger partial charge in [0.15, 0.2) is 10.4 Å². The number of anilines is 2. The summed E-state index contributed by atoms with van der Waals surface area (Å²) in [6.07, 6.45) is 0. The highest BCUT2D eigenvalue weighted by Crippen LogP contribution is 2.17. The van der Waals surface area contributed by atoms with Gasteiger partial charge in [-0.15, -0.1) is 0 Å². The zero-order valence-corrected chi connectivity index (χ0v) is 9.82. The zero-order valence-electron chi connectivity index (χ0n) is 8.24. The largest absolute Gasteiger partial charge is 0.444 e. The number of nitrogens with one attached hydrogen (secondary N) is 1. The van der Waals surface area contributed by atoms with Gasteiger partial charge in [0.05, 0.1) is 0 Å². The predicted molar refractivity (Wildman–Crippen MR) is 65.2 cm³/mol. The highest BCUT2D eigenvalue weighted by atomic mass is 79.9. The van der Waals surface area contributed by atoms with E-state index >= 15 is 0 Å². The smallest absolute Gasteiger partial charge is 0.291 e. The Morgan fingerprint density at radius 1 is 1.31 bits per heavy atom. The molecule has 1 heterocycles. The normalized spacial score (nSPS) is 10.1. The number of furan rings is 1. The van der Waals surface area contributed by atoms with Crippen LogP contribution in [0.1, 0.15) is 10.6 Å². The van der Waals surface area contributed by atoms with Crippen molar-refractivity contribution in [2.45, 2.75) is 0 Å². The summed E-state index contributed by atoms with van der Waals surface area (Å²) in [6.45, 7) is 0. The van der Waals surface area contributed by atoms with Crippen molar-refractivity contribution in [3.05, 3.63) is 46.8 Å². The number of rotatable bonds is 2. The lowest BCUT2D eigenvalue weighted by Gasteiger charge is -2.03. The molecule has 0 saturated carbocycles. The van der Waals surface area contributed by atoms with Crippen molar-refractivity contribution in [1.29, 1.82) is 0 Å². The maximum absolute atomic E-state index is 11.7.